The van der Waals surface area contributed by atoms with Crippen LogP contribution >= 0.6 is 0 Å². The highest BCUT2D eigenvalue weighted by atomic mass is 19.1. The predicted molar refractivity (Wildman–Crippen MR) is 97.6 cm³/mol. The molecule has 7 heteroatoms. The first-order chi connectivity index (χ1) is 12.4. The molecule has 2 aromatic carbocycles. The lowest BCUT2D eigenvalue weighted by Crippen LogP contribution is -2.37. The van der Waals surface area contributed by atoms with Crippen molar-refractivity contribution >= 4 is 11.7 Å². The van der Waals surface area contributed by atoms with Crippen molar-refractivity contribution in [3.63, 3.8) is 0 Å². The molecule has 136 valence electrons. The van der Waals surface area contributed by atoms with Crippen molar-refractivity contribution in [1.29, 1.82) is 5.26 Å². The van der Waals surface area contributed by atoms with Crippen LogP contribution in [-0.4, -0.2) is 38.7 Å². The maximum atomic E-state index is 13.2. The minimum atomic E-state index is -0.528. The summed E-state index contributed by atoms with van der Waals surface area (Å²) in [7, 11) is 5.44. The molecule has 2 N–H and O–H groups in total. The van der Waals surface area contributed by atoms with E-state index in [4.69, 9.17) is 10.00 Å². The molecule has 2 aromatic rings. The summed E-state index contributed by atoms with van der Waals surface area (Å²) >= 11 is 0. The van der Waals surface area contributed by atoms with Gasteiger partial charge in [-0.1, -0.05) is 12.1 Å². The van der Waals surface area contributed by atoms with Gasteiger partial charge in [0.2, 0.25) is 0 Å². The molecule has 0 spiro atoms. The van der Waals surface area contributed by atoms with Gasteiger partial charge in [-0.3, -0.25) is 0 Å². The van der Waals surface area contributed by atoms with Gasteiger partial charge in [-0.2, -0.15) is 5.26 Å². The Labute approximate surface area is 152 Å². The fraction of sp³-hybridized carbons (Fsp3) is 0.263. The molecule has 0 aliphatic heterocycles. The van der Waals surface area contributed by atoms with Crippen LogP contribution in [0.5, 0.6) is 5.75 Å². The molecule has 0 saturated heterocycles. The lowest BCUT2D eigenvalue weighted by molar-refractivity contribution is 0.243. The molecule has 0 aliphatic rings. The minimum absolute atomic E-state index is 0.0460. The van der Waals surface area contributed by atoms with Crippen LogP contribution in [-0.2, 0) is 0 Å². The molecular weight excluding hydrogens is 335 g/mol. The summed E-state index contributed by atoms with van der Waals surface area (Å²) in [6, 6.07) is 12.6. The number of hydrogen-bond acceptors (Lipinski definition) is 4. The zero-order chi connectivity index (χ0) is 19.1. The Balaban J connectivity index is 2.02. The van der Waals surface area contributed by atoms with Crippen LogP contribution in [0.25, 0.3) is 0 Å². The highest BCUT2D eigenvalue weighted by Crippen LogP contribution is 2.21. The molecule has 26 heavy (non-hydrogen) atoms. The van der Waals surface area contributed by atoms with Crippen LogP contribution in [0.4, 0.5) is 14.9 Å². The third kappa shape index (κ3) is 4.94. The van der Waals surface area contributed by atoms with Gasteiger partial charge in [0.1, 0.15) is 17.6 Å². The lowest BCUT2D eigenvalue weighted by atomic mass is 10.1. The van der Waals surface area contributed by atoms with E-state index in [0.717, 1.165) is 17.4 Å². The highest BCUT2D eigenvalue weighted by molar-refractivity contribution is 5.90. The Bertz CT molecular complexity index is 800. The van der Waals surface area contributed by atoms with Gasteiger partial charge in [0.25, 0.3) is 0 Å². The van der Waals surface area contributed by atoms with Crippen molar-refractivity contribution in [3.8, 4) is 11.8 Å². The van der Waals surface area contributed by atoms with E-state index in [9.17, 15) is 9.18 Å². The van der Waals surface area contributed by atoms with Crippen LogP contribution < -0.4 is 15.4 Å². The van der Waals surface area contributed by atoms with E-state index in [1.165, 1.54) is 12.1 Å². The number of nitrogens with one attached hydrogen (secondary N) is 2. The van der Waals surface area contributed by atoms with Crippen molar-refractivity contribution in [2.24, 2.45) is 0 Å². The van der Waals surface area contributed by atoms with Gasteiger partial charge in [-0.25, -0.2) is 9.18 Å². The Morgan fingerprint density at radius 2 is 1.96 bits per heavy atom. The molecule has 0 aromatic heterocycles. The zero-order valence-corrected chi connectivity index (χ0v) is 14.9. The molecule has 0 aliphatic carbocycles. The van der Waals surface area contributed by atoms with Gasteiger partial charge in [0.05, 0.1) is 24.4 Å². The number of urea groups is 1. The van der Waals surface area contributed by atoms with Gasteiger partial charge in [-0.15, -0.1) is 0 Å². The SMILES string of the molecule is COc1ccc(C(CNC(=O)Nc2ccc(F)cc2C#N)N(C)C)cc1. The summed E-state index contributed by atoms with van der Waals surface area (Å²) in [4.78, 5) is 14.1. The standard InChI is InChI=1S/C19H21FN4O2/c1-24(2)18(13-4-7-16(26-3)8-5-13)12-22-19(25)23-17-9-6-15(20)10-14(17)11-21/h4-10,18H,12H2,1-3H3,(H2,22,23,25). The summed E-state index contributed by atoms with van der Waals surface area (Å²) in [5.74, 6) is 0.233. The quantitative estimate of drug-likeness (QED) is 0.834. The van der Waals surface area contributed by atoms with Crippen molar-refractivity contribution < 1.29 is 13.9 Å². The molecular formula is C19H21FN4O2. The number of carbonyl (C=O) groups excluding carboxylic acids is 1. The van der Waals surface area contributed by atoms with Gasteiger partial charge in [0, 0.05) is 6.54 Å². The number of anilines is 1. The molecule has 0 saturated carbocycles. The summed E-state index contributed by atoms with van der Waals surface area (Å²) in [5.41, 5.74) is 1.35. The Hall–Kier alpha value is -3.11. The second kappa shape index (κ2) is 8.83. The maximum absolute atomic E-state index is 13.2. The second-order valence-corrected chi connectivity index (χ2v) is 5.89. The topological polar surface area (TPSA) is 77.4 Å². The molecule has 0 bridgehead atoms. The number of ether oxygens (including phenoxy) is 1. The average molecular weight is 356 g/mol. The number of amides is 2. The molecule has 1 unspecified atom stereocenters. The van der Waals surface area contributed by atoms with E-state index in [-0.39, 0.29) is 17.3 Å². The number of nitrogens with zero attached hydrogens (tertiary/aromatic N) is 2. The number of benzene rings is 2. The van der Waals surface area contributed by atoms with Crippen molar-refractivity contribution in [2.45, 2.75) is 6.04 Å². The monoisotopic (exact) mass is 356 g/mol. The molecule has 6 nitrogen and oxygen atoms in total. The third-order valence-corrected chi connectivity index (χ3v) is 3.93. The van der Waals surface area contributed by atoms with Crippen molar-refractivity contribution in [2.75, 3.05) is 33.1 Å². The van der Waals surface area contributed by atoms with E-state index in [1.54, 1.807) is 7.11 Å². The smallest absolute Gasteiger partial charge is 0.319 e. The first-order valence-electron chi connectivity index (χ1n) is 7.99. The first kappa shape index (κ1) is 19.2. The largest absolute Gasteiger partial charge is 0.497 e. The Morgan fingerprint density at radius 3 is 2.54 bits per heavy atom. The molecule has 2 rings (SSSR count). The second-order valence-electron chi connectivity index (χ2n) is 5.89. The Morgan fingerprint density at radius 1 is 1.27 bits per heavy atom. The summed E-state index contributed by atoms with van der Waals surface area (Å²) in [6.45, 7) is 0.355. The van der Waals surface area contributed by atoms with Gasteiger partial charge < -0.3 is 20.3 Å². The fourth-order valence-corrected chi connectivity index (χ4v) is 2.50. The van der Waals surface area contributed by atoms with Gasteiger partial charge >= 0.3 is 6.03 Å². The average Bonchev–Trinajstić information content (AvgIpc) is 2.63. The number of methoxy groups -OCH3 is 1. The first-order valence-corrected chi connectivity index (χ1v) is 7.99. The number of carbonyl (C=O) groups is 1. The van der Waals surface area contributed by atoms with Gasteiger partial charge in [0.15, 0.2) is 0 Å². The molecule has 0 radical (unpaired) electrons. The number of hydrogen-bond donors (Lipinski definition) is 2. The zero-order valence-electron chi connectivity index (χ0n) is 14.9. The highest BCUT2D eigenvalue weighted by Gasteiger charge is 2.16. The normalized spacial score (nSPS) is 11.5. The van der Waals surface area contributed by atoms with E-state index < -0.39 is 11.8 Å². The molecule has 1 atom stereocenters. The summed E-state index contributed by atoms with van der Waals surface area (Å²) < 4.78 is 18.3. The number of halogens is 1. The number of rotatable bonds is 6. The number of likely N-dealkylation sites (N-methyl/N-ethyl adjacent to an activating group) is 1. The van der Waals surface area contributed by atoms with E-state index in [2.05, 4.69) is 10.6 Å². The Kier molecular flexibility index (Phi) is 6.53. The lowest BCUT2D eigenvalue weighted by Gasteiger charge is -2.25. The van der Waals surface area contributed by atoms with E-state index in [1.807, 2.05) is 49.3 Å². The molecule has 2 amide bonds. The van der Waals surface area contributed by atoms with E-state index in [0.29, 0.717) is 6.54 Å². The van der Waals surface area contributed by atoms with Crippen molar-refractivity contribution in [3.05, 3.63) is 59.4 Å². The van der Waals surface area contributed by atoms with Crippen LogP contribution in [0.1, 0.15) is 17.2 Å². The van der Waals surface area contributed by atoms with Crippen molar-refractivity contribution in [1.82, 2.24) is 10.2 Å². The summed E-state index contributed by atoms with van der Waals surface area (Å²) in [5, 5.41) is 14.4. The molecule has 0 fully saturated rings. The maximum Gasteiger partial charge on any atom is 0.319 e. The van der Waals surface area contributed by atoms with Crippen LogP contribution in [0, 0.1) is 17.1 Å². The summed E-state index contributed by atoms with van der Waals surface area (Å²) in [6.07, 6.45) is 0. The predicted octanol–water partition coefficient (Wildman–Crippen LogP) is 3.13. The van der Waals surface area contributed by atoms with E-state index >= 15 is 0 Å². The fourth-order valence-electron chi connectivity index (χ4n) is 2.50. The van der Waals surface area contributed by atoms with Crippen LogP contribution in [0.15, 0.2) is 42.5 Å². The number of nitriles is 1. The third-order valence-electron chi connectivity index (χ3n) is 3.93. The van der Waals surface area contributed by atoms with Gasteiger partial charge in [-0.05, 0) is 50.0 Å². The minimum Gasteiger partial charge on any atom is -0.497 e. The van der Waals surface area contributed by atoms with Crippen LogP contribution in [0.3, 0.4) is 0 Å². The van der Waals surface area contributed by atoms with Crippen LogP contribution in [0.2, 0.25) is 0 Å². The molecule has 0 heterocycles.